The van der Waals surface area contributed by atoms with Gasteiger partial charge in [0, 0.05) is 26.1 Å². The lowest BCUT2D eigenvalue weighted by Gasteiger charge is -2.20. The number of carbonyl (C=O) groups excluding carboxylic acids is 1. The van der Waals surface area contributed by atoms with Crippen molar-refractivity contribution in [2.75, 3.05) is 7.05 Å². The molecule has 1 atom stereocenters. The van der Waals surface area contributed by atoms with Crippen LogP contribution in [-0.2, 0) is 17.8 Å². The van der Waals surface area contributed by atoms with Gasteiger partial charge in [0.05, 0.1) is 0 Å². The monoisotopic (exact) mass is 300 g/mol. The summed E-state index contributed by atoms with van der Waals surface area (Å²) >= 11 is 0. The highest BCUT2D eigenvalue weighted by atomic mass is 19.1. The van der Waals surface area contributed by atoms with Gasteiger partial charge in [0.1, 0.15) is 5.82 Å². The molecule has 116 valence electrons. The Bertz CT molecular complexity index is 615. The van der Waals surface area contributed by atoms with Gasteiger partial charge in [-0.25, -0.2) is 4.39 Å². The summed E-state index contributed by atoms with van der Waals surface area (Å²) in [5.74, 6) is -0.310. The molecule has 0 aliphatic carbocycles. The van der Waals surface area contributed by atoms with E-state index in [9.17, 15) is 9.18 Å². The highest BCUT2D eigenvalue weighted by molar-refractivity contribution is 5.76. The molecule has 1 amide bonds. The number of benzene rings is 2. The zero-order chi connectivity index (χ0) is 15.9. The van der Waals surface area contributed by atoms with E-state index in [1.807, 2.05) is 30.3 Å². The first-order valence-corrected chi connectivity index (χ1v) is 7.33. The lowest BCUT2D eigenvalue weighted by molar-refractivity contribution is -0.130. The number of halogens is 1. The summed E-state index contributed by atoms with van der Waals surface area (Å²) in [5.41, 5.74) is 7.61. The molecule has 2 aromatic carbocycles. The van der Waals surface area contributed by atoms with Crippen LogP contribution in [0.2, 0.25) is 0 Å². The molecule has 0 unspecified atom stereocenters. The molecule has 2 aromatic rings. The average molecular weight is 300 g/mol. The van der Waals surface area contributed by atoms with E-state index < -0.39 is 0 Å². The summed E-state index contributed by atoms with van der Waals surface area (Å²) in [6.45, 7) is 0.548. The Morgan fingerprint density at radius 3 is 2.45 bits per heavy atom. The maximum Gasteiger partial charge on any atom is 0.224 e. The summed E-state index contributed by atoms with van der Waals surface area (Å²) < 4.78 is 13.6. The van der Waals surface area contributed by atoms with E-state index in [-0.39, 0.29) is 24.2 Å². The molecule has 0 aliphatic rings. The lowest BCUT2D eigenvalue weighted by Crippen LogP contribution is -2.34. The summed E-state index contributed by atoms with van der Waals surface area (Å²) in [6.07, 6.45) is 0.565. The topological polar surface area (TPSA) is 46.3 Å². The maximum atomic E-state index is 13.6. The van der Waals surface area contributed by atoms with Crippen LogP contribution >= 0.6 is 0 Å². The van der Waals surface area contributed by atoms with Crippen LogP contribution < -0.4 is 5.73 Å². The van der Waals surface area contributed by atoms with E-state index >= 15 is 0 Å². The molecule has 0 saturated carbocycles. The van der Waals surface area contributed by atoms with Crippen molar-refractivity contribution in [3.8, 4) is 0 Å². The Morgan fingerprint density at radius 1 is 1.14 bits per heavy atom. The van der Waals surface area contributed by atoms with Gasteiger partial charge in [-0.05, 0) is 23.6 Å². The van der Waals surface area contributed by atoms with Crippen LogP contribution in [0.4, 0.5) is 4.39 Å². The quantitative estimate of drug-likeness (QED) is 0.891. The van der Waals surface area contributed by atoms with E-state index in [1.165, 1.54) is 6.07 Å². The standard InChI is InChI=1S/C18H21FN2O/c1-21(13-14-7-3-2-4-8-14)18(22)12-16(20)11-15-9-5-6-10-17(15)19/h2-10,16H,11-13,20H2,1H3/t16-/m1/s1. The first kappa shape index (κ1) is 16.2. The normalized spacial score (nSPS) is 12.0. The van der Waals surface area contributed by atoms with Gasteiger partial charge in [0.15, 0.2) is 0 Å². The predicted octanol–water partition coefficient (Wildman–Crippen LogP) is 2.74. The summed E-state index contributed by atoms with van der Waals surface area (Å²) in [6, 6.07) is 15.9. The van der Waals surface area contributed by atoms with Gasteiger partial charge >= 0.3 is 0 Å². The second kappa shape index (κ2) is 7.71. The minimum absolute atomic E-state index is 0.0345. The summed E-state index contributed by atoms with van der Waals surface area (Å²) in [5, 5.41) is 0. The van der Waals surface area contributed by atoms with Crippen molar-refractivity contribution in [1.82, 2.24) is 4.90 Å². The number of hydrogen-bond acceptors (Lipinski definition) is 2. The zero-order valence-corrected chi connectivity index (χ0v) is 12.7. The first-order valence-electron chi connectivity index (χ1n) is 7.33. The third-order valence-corrected chi connectivity index (χ3v) is 3.57. The molecule has 0 aromatic heterocycles. The molecule has 2 N–H and O–H groups in total. The van der Waals surface area contributed by atoms with Gasteiger partial charge in [0.25, 0.3) is 0 Å². The van der Waals surface area contributed by atoms with E-state index in [4.69, 9.17) is 5.73 Å². The minimum Gasteiger partial charge on any atom is -0.341 e. The van der Waals surface area contributed by atoms with Crippen LogP contribution in [0.5, 0.6) is 0 Å². The fourth-order valence-corrected chi connectivity index (χ4v) is 2.34. The first-order chi connectivity index (χ1) is 10.6. The second-order valence-electron chi connectivity index (χ2n) is 5.50. The molecule has 0 radical (unpaired) electrons. The number of hydrogen-bond donors (Lipinski definition) is 1. The van der Waals surface area contributed by atoms with Crippen molar-refractivity contribution in [3.05, 3.63) is 71.5 Å². The molecule has 2 rings (SSSR count). The SMILES string of the molecule is CN(Cc1ccccc1)C(=O)C[C@H](N)Cc1ccccc1F. The smallest absolute Gasteiger partial charge is 0.224 e. The summed E-state index contributed by atoms with van der Waals surface area (Å²) in [4.78, 5) is 13.8. The molecule has 0 heterocycles. The van der Waals surface area contributed by atoms with E-state index in [2.05, 4.69) is 0 Å². The fourth-order valence-electron chi connectivity index (χ4n) is 2.34. The van der Waals surface area contributed by atoms with E-state index in [0.717, 1.165) is 5.56 Å². The number of nitrogens with zero attached hydrogens (tertiary/aromatic N) is 1. The molecule has 0 fully saturated rings. The van der Waals surface area contributed by atoms with Crippen LogP contribution in [-0.4, -0.2) is 23.9 Å². The number of amides is 1. The molecule has 0 aliphatic heterocycles. The molecular weight excluding hydrogens is 279 g/mol. The van der Waals surface area contributed by atoms with Crippen molar-refractivity contribution in [1.29, 1.82) is 0 Å². The molecule has 4 heteroatoms. The molecule has 0 bridgehead atoms. The van der Waals surface area contributed by atoms with Crippen molar-refractivity contribution in [2.24, 2.45) is 5.73 Å². The van der Waals surface area contributed by atoms with Gasteiger partial charge < -0.3 is 10.6 Å². The Labute approximate surface area is 130 Å². The molecule has 0 spiro atoms. The van der Waals surface area contributed by atoms with Crippen molar-refractivity contribution >= 4 is 5.91 Å². The van der Waals surface area contributed by atoms with Crippen LogP contribution in [0, 0.1) is 5.82 Å². The highest BCUT2D eigenvalue weighted by Gasteiger charge is 2.15. The van der Waals surface area contributed by atoms with Crippen LogP contribution in [0.3, 0.4) is 0 Å². The third-order valence-electron chi connectivity index (χ3n) is 3.57. The van der Waals surface area contributed by atoms with Crippen LogP contribution in [0.1, 0.15) is 17.5 Å². The highest BCUT2D eigenvalue weighted by Crippen LogP contribution is 2.11. The third kappa shape index (κ3) is 4.67. The van der Waals surface area contributed by atoms with E-state index in [1.54, 1.807) is 30.1 Å². The average Bonchev–Trinajstić information content (AvgIpc) is 2.50. The van der Waals surface area contributed by atoms with Crippen molar-refractivity contribution < 1.29 is 9.18 Å². The summed E-state index contributed by atoms with van der Waals surface area (Å²) in [7, 11) is 1.76. The molecular formula is C18H21FN2O. The van der Waals surface area contributed by atoms with Gasteiger partial charge in [-0.1, -0.05) is 48.5 Å². The van der Waals surface area contributed by atoms with Gasteiger partial charge in [-0.3, -0.25) is 4.79 Å². The largest absolute Gasteiger partial charge is 0.341 e. The fraction of sp³-hybridized carbons (Fsp3) is 0.278. The maximum absolute atomic E-state index is 13.6. The zero-order valence-electron chi connectivity index (χ0n) is 12.7. The Balaban J connectivity index is 1.87. The Morgan fingerprint density at radius 2 is 1.77 bits per heavy atom. The predicted molar refractivity (Wildman–Crippen MR) is 85.6 cm³/mol. The van der Waals surface area contributed by atoms with E-state index in [0.29, 0.717) is 18.5 Å². The number of rotatable bonds is 6. The number of carbonyl (C=O) groups is 1. The molecule has 22 heavy (non-hydrogen) atoms. The second-order valence-corrected chi connectivity index (χ2v) is 5.50. The molecule has 3 nitrogen and oxygen atoms in total. The lowest BCUT2D eigenvalue weighted by atomic mass is 10.0. The minimum atomic E-state index is -0.386. The molecule has 0 saturated heterocycles. The van der Waals surface area contributed by atoms with Crippen LogP contribution in [0.25, 0.3) is 0 Å². The van der Waals surface area contributed by atoms with Gasteiger partial charge in [-0.2, -0.15) is 0 Å². The van der Waals surface area contributed by atoms with Gasteiger partial charge in [0.2, 0.25) is 5.91 Å². The van der Waals surface area contributed by atoms with Gasteiger partial charge in [-0.15, -0.1) is 0 Å². The Kier molecular flexibility index (Phi) is 5.67. The van der Waals surface area contributed by atoms with Crippen LogP contribution in [0.15, 0.2) is 54.6 Å². The Hall–Kier alpha value is -2.20. The van der Waals surface area contributed by atoms with Crippen molar-refractivity contribution in [3.63, 3.8) is 0 Å². The number of nitrogens with two attached hydrogens (primary N) is 1. The van der Waals surface area contributed by atoms with Crippen molar-refractivity contribution in [2.45, 2.75) is 25.4 Å².